The first-order valence-electron chi connectivity index (χ1n) is 7.60. The van der Waals surface area contributed by atoms with Crippen LogP contribution in [-0.4, -0.2) is 15.7 Å². The number of hydrogen-bond donors (Lipinski definition) is 0. The maximum Gasteiger partial charge on any atom is 0.431 e. The summed E-state index contributed by atoms with van der Waals surface area (Å²) in [5.74, 6) is -1.03. The normalized spacial score (nSPS) is 11.7. The van der Waals surface area contributed by atoms with Crippen molar-refractivity contribution in [2.75, 3.05) is 6.61 Å². The van der Waals surface area contributed by atoms with E-state index in [0.717, 1.165) is 25.6 Å². The average Bonchev–Trinajstić information content (AvgIpc) is 2.53. The van der Waals surface area contributed by atoms with Gasteiger partial charge in [0.25, 0.3) is 5.56 Å². The first kappa shape index (κ1) is 20.0. The fourth-order valence-corrected chi connectivity index (χ4v) is 2.45. The third kappa shape index (κ3) is 3.92. The molecule has 1 aromatic carbocycles. The van der Waals surface area contributed by atoms with Crippen molar-refractivity contribution in [1.29, 1.82) is 0 Å². The summed E-state index contributed by atoms with van der Waals surface area (Å²) in [4.78, 5) is 24.3. The van der Waals surface area contributed by atoms with Gasteiger partial charge in [-0.05, 0) is 12.5 Å². The lowest BCUT2D eigenvalue weighted by Gasteiger charge is -2.15. The highest BCUT2D eigenvalue weighted by molar-refractivity contribution is 6.32. The molecule has 10 heteroatoms. The second-order valence-corrected chi connectivity index (χ2v) is 5.89. The molecule has 0 saturated carbocycles. The number of aromatic nitrogens is 2. The molecule has 0 atom stereocenters. The van der Waals surface area contributed by atoms with Crippen molar-refractivity contribution in [2.45, 2.75) is 25.9 Å². The molecule has 0 bridgehead atoms. The highest BCUT2D eigenvalue weighted by atomic mass is 35.5. The summed E-state index contributed by atoms with van der Waals surface area (Å²) >= 11 is 5.88. The van der Waals surface area contributed by atoms with Crippen LogP contribution in [0.1, 0.15) is 25.5 Å². The Labute approximate surface area is 150 Å². The minimum absolute atomic E-state index is 0.0189. The van der Waals surface area contributed by atoms with E-state index in [9.17, 15) is 27.2 Å². The summed E-state index contributed by atoms with van der Waals surface area (Å²) in [5, 5.41) is -0.0841. The third-order valence-electron chi connectivity index (χ3n) is 3.61. The molecule has 0 aliphatic heterocycles. The lowest BCUT2D eigenvalue weighted by atomic mass is 10.2. The van der Waals surface area contributed by atoms with E-state index >= 15 is 0 Å². The van der Waals surface area contributed by atoms with E-state index in [1.54, 1.807) is 0 Å². The van der Waals surface area contributed by atoms with Crippen LogP contribution < -0.4 is 16.0 Å². The van der Waals surface area contributed by atoms with Crippen molar-refractivity contribution < 1.29 is 22.3 Å². The number of alkyl halides is 3. The number of nitrogens with zero attached hydrogens (tertiary/aromatic N) is 2. The van der Waals surface area contributed by atoms with E-state index in [1.165, 1.54) is 0 Å². The maximum absolute atomic E-state index is 14.3. The Morgan fingerprint density at radius 1 is 1.19 bits per heavy atom. The predicted molar refractivity (Wildman–Crippen MR) is 87.7 cm³/mol. The molecular weight excluding hydrogens is 380 g/mol. The Morgan fingerprint density at radius 2 is 1.85 bits per heavy atom. The van der Waals surface area contributed by atoms with Crippen LogP contribution in [0.3, 0.4) is 0 Å². The fraction of sp³-hybridized carbons (Fsp3) is 0.375. The predicted octanol–water partition coefficient (Wildman–Crippen LogP) is 3.53. The fourth-order valence-electron chi connectivity index (χ4n) is 2.25. The molecule has 0 radical (unpaired) electrons. The summed E-state index contributed by atoms with van der Waals surface area (Å²) < 4.78 is 58.8. The zero-order chi connectivity index (χ0) is 19.6. The number of ether oxygens (including phenoxy) is 1. The Balaban J connectivity index is 2.65. The van der Waals surface area contributed by atoms with Crippen molar-refractivity contribution >= 4 is 11.6 Å². The lowest BCUT2D eigenvalue weighted by molar-refractivity contribution is -0.144. The van der Waals surface area contributed by atoms with E-state index < -0.39 is 34.6 Å². The average molecular weight is 395 g/mol. The highest BCUT2D eigenvalue weighted by Crippen LogP contribution is 2.30. The Kier molecular flexibility index (Phi) is 5.80. The number of rotatable bonds is 5. The molecule has 2 rings (SSSR count). The molecule has 0 N–H and O–H groups in total. The second kappa shape index (κ2) is 7.53. The molecule has 0 aliphatic rings. The van der Waals surface area contributed by atoms with Gasteiger partial charge in [-0.1, -0.05) is 24.9 Å². The van der Waals surface area contributed by atoms with Gasteiger partial charge < -0.3 is 4.74 Å². The molecule has 1 heterocycles. The van der Waals surface area contributed by atoms with E-state index in [-0.39, 0.29) is 28.0 Å². The van der Waals surface area contributed by atoms with Crippen LogP contribution in [0.5, 0.6) is 5.75 Å². The van der Waals surface area contributed by atoms with Gasteiger partial charge in [0.1, 0.15) is 17.3 Å². The molecule has 0 aliphatic carbocycles. The van der Waals surface area contributed by atoms with Gasteiger partial charge in [0.2, 0.25) is 0 Å². The van der Waals surface area contributed by atoms with Crippen LogP contribution in [0.25, 0.3) is 5.69 Å². The Hall–Kier alpha value is -2.29. The molecular formula is C16H15ClF4N2O3. The molecule has 0 spiro atoms. The molecule has 2 aromatic rings. The van der Waals surface area contributed by atoms with Gasteiger partial charge >= 0.3 is 11.9 Å². The summed E-state index contributed by atoms with van der Waals surface area (Å²) in [6.45, 7) is 2.19. The van der Waals surface area contributed by atoms with E-state index in [0.29, 0.717) is 11.0 Å². The first-order valence-corrected chi connectivity index (χ1v) is 7.98. The smallest absolute Gasteiger partial charge is 0.431 e. The zero-order valence-corrected chi connectivity index (χ0v) is 14.6. The molecule has 1 aromatic heterocycles. The van der Waals surface area contributed by atoms with Crippen molar-refractivity contribution in [2.24, 2.45) is 7.05 Å². The van der Waals surface area contributed by atoms with Crippen molar-refractivity contribution in [1.82, 2.24) is 9.13 Å². The minimum Gasteiger partial charge on any atom is -0.492 e. The standard InChI is InChI=1S/C16H15ClF4N2O3/c1-3-4-5-26-12-7-11(10(18)6-9(12)17)23-14(24)8-13(16(19,20)21)22(2)15(23)25/h6-8H,3-5H2,1-2H3. The molecule has 142 valence electrons. The van der Waals surface area contributed by atoms with Crippen molar-refractivity contribution in [3.05, 3.63) is 55.6 Å². The molecule has 0 fully saturated rings. The van der Waals surface area contributed by atoms with Gasteiger partial charge in [0.15, 0.2) is 0 Å². The molecule has 26 heavy (non-hydrogen) atoms. The Morgan fingerprint density at radius 3 is 2.42 bits per heavy atom. The van der Waals surface area contributed by atoms with Crippen LogP contribution in [0.4, 0.5) is 17.6 Å². The first-order chi connectivity index (χ1) is 12.1. The summed E-state index contributed by atoms with van der Waals surface area (Å²) in [5.41, 5.74) is -4.63. The molecule has 0 amide bonds. The van der Waals surface area contributed by atoms with Crippen molar-refractivity contribution in [3.63, 3.8) is 0 Å². The highest BCUT2D eigenvalue weighted by Gasteiger charge is 2.35. The topological polar surface area (TPSA) is 53.2 Å². The van der Waals surface area contributed by atoms with Gasteiger partial charge in [0.05, 0.1) is 17.3 Å². The maximum atomic E-state index is 14.3. The SMILES string of the molecule is CCCCOc1cc(-n2c(=O)cc(C(F)(F)F)n(C)c2=O)c(F)cc1Cl. The summed E-state index contributed by atoms with van der Waals surface area (Å²) in [6.07, 6.45) is -3.39. The van der Waals surface area contributed by atoms with Gasteiger partial charge in [-0.2, -0.15) is 13.2 Å². The number of unbranched alkanes of at least 4 members (excludes halogenated alkanes) is 1. The summed E-state index contributed by atoms with van der Waals surface area (Å²) in [6, 6.07) is 2.08. The van der Waals surface area contributed by atoms with Gasteiger partial charge in [0, 0.05) is 19.2 Å². The third-order valence-corrected chi connectivity index (χ3v) is 3.90. The largest absolute Gasteiger partial charge is 0.492 e. The van der Waals surface area contributed by atoms with E-state index in [4.69, 9.17) is 16.3 Å². The lowest BCUT2D eigenvalue weighted by Crippen LogP contribution is -2.41. The number of halogens is 5. The number of benzene rings is 1. The van der Waals surface area contributed by atoms with Crippen LogP contribution >= 0.6 is 11.6 Å². The zero-order valence-electron chi connectivity index (χ0n) is 13.9. The molecule has 0 saturated heterocycles. The second-order valence-electron chi connectivity index (χ2n) is 5.48. The monoisotopic (exact) mass is 394 g/mol. The van der Waals surface area contributed by atoms with Gasteiger partial charge in [-0.3, -0.25) is 9.36 Å². The quantitative estimate of drug-likeness (QED) is 0.576. The van der Waals surface area contributed by atoms with Crippen LogP contribution in [-0.2, 0) is 13.2 Å². The molecule has 0 unspecified atom stereocenters. The van der Waals surface area contributed by atoms with E-state index in [1.807, 2.05) is 6.92 Å². The van der Waals surface area contributed by atoms with Crippen LogP contribution in [0.15, 0.2) is 27.8 Å². The number of hydrogen-bond acceptors (Lipinski definition) is 3. The molecule has 5 nitrogen and oxygen atoms in total. The van der Waals surface area contributed by atoms with Crippen LogP contribution in [0.2, 0.25) is 5.02 Å². The van der Waals surface area contributed by atoms with Gasteiger partial charge in [-0.25, -0.2) is 13.8 Å². The van der Waals surface area contributed by atoms with Crippen LogP contribution in [0, 0.1) is 5.82 Å². The minimum atomic E-state index is -4.90. The Bertz CT molecular complexity index is 935. The van der Waals surface area contributed by atoms with Crippen molar-refractivity contribution in [3.8, 4) is 11.4 Å². The van der Waals surface area contributed by atoms with E-state index in [2.05, 4.69) is 0 Å². The summed E-state index contributed by atoms with van der Waals surface area (Å²) in [7, 11) is 0.841. The van der Waals surface area contributed by atoms with Gasteiger partial charge in [-0.15, -0.1) is 0 Å².